The van der Waals surface area contributed by atoms with Crippen LogP contribution in [0.15, 0.2) is 67.1 Å². The first-order chi connectivity index (χ1) is 12.8. The molecule has 0 N–H and O–H groups in total. The van der Waals surface area contributed by atoms with Crippen LogP contribution in [-0.4, -0.2) is 36.8 Å². The van der Waals surface area contributed by atoms with Gasteiger partial charge in [-0.05, 0) is 42.7 Å². The van der Waals surface area contributed by atoms with E-state index in [2.05, 4.69) is 15.2 Å². The van der Waals surface area contributed by atoms with E-state index in [1.807, 2.05) is 47.4 Å². The fourth-order valence-electron chi connectivity index (χ4n) is 2.75. The van der Waals surface area contributed by atoms with Crippen LogP contribution in [0, 0.1) is 0 Å². The largest absolute Gasteiger partial charge is 0.332 e. The minimum atomic E-state index is -0.00869. The number of para-hydroxylation sites is 1. The van der Waals surface area contributed by atoms with E-state index in [0.29, 0.717) is 18.3 Å². The Morgan fingerprint density at radius 3 is 2.73 bits per heavy atom. The summed E-state index contributed by atoms with van der Waals surface area (Å²) in [5.41, 5.74) is 2.57. The topological polar surface area (TPSA) is 63.9 Å². The average Bonchev–Trinajstić information content (AvgIpc) is 3.42. The van der Waals surface area contributed by atoms with E-state index in [9.17, 15) is 4.79 Å². The minimum absolute atomic E-state index is 0.00869. The second-order valence-electron chi connectivity index (χ2n) is 6.29. The summed E-state index contributed by atoms with van der Waals surface area (Å²) in [6, 6.07) is 13.9. The lowest BCUT2D eigenvalue weighted by Crippen LogP contribution is -2.31. The van der Waals surface area contributed by atoms with Gasteiger partial charge in [0.1, 0.15) is 5.69 Å². The molecule has 130 valence electrons. The van der Waals surface area contributed by atoms with Gasteiger partial charge < -0.3 is 4.90 Å². The van der Waals surface area contributed by atoms with E-state index < -0.39 is 0 Å². The van der Waals surface area contributed by atoms with Crippen LogP contribution in [0.25, 0.3) is 11.8 Å². The molecule has 1 saturated carbocycles. The second kappa shape index (κ2) is 7.31. The fourth-order valence-corrected chi connectivity index (χ4v) is 2.75. The Morgan fingerprint density at radius 1 is 1.15 bits per heavy atom. The number of nitrogens with zero attached hydrogens (tertiary/aromatic N) is 5. The lowest BCUT2D eigenvalue weighted by atomic mass is 10.2. The Kier molecular flexibility index (Phi) is 4.55. The van der Waals surface area contributed by atoms with Gasteiger partial charge >= 0.3 is 0 Å². The monoisotopic (exact) mass is 345 g/mol. The van der Waals surface area contributed by atoms with Gasteiger partial charge in [0.2, 0.25) is 5.91 Å². The second-order valence-corrected chi connectivity index (χ2v) is 6.29. The van der Waals surface area contributed by atoms with Gasteiger partial charge in [-0.3, -0.25) is 9.78 Å². The van der Waals surface area contributed by atoms with Gasteiger partial charge in [0.25, 0.3) is 0 Å². The van der Waals surface area contributed by atoms with Crippen molar-refractivity contribution in [3.63, 3.8) is 0 Å². The first kappa shape index (κ1) is 16.2. The zero-order chi connectivity index (χ0) is 17.8. The van der Waals surface area contributed by atoms with Gasteiger partial charge in [0, 0.05) is 31.1 Å². The third kappa shape index (κ3) is 3.85. The van der Waals surface area contributed by atoms with Crippen molar-refractivity contribution in [2.75, 3.05) is 0 Å². The Bertz CT molecular complexity index is 900. The Morgan fingerprint density at radius 2 is 2.00 bits per heavy atom. The van der Waals surface area contributed by atoms with Crippen LogP contribution < -0.4 is 0 Å². The van der Waals surface area contributed by atoms with Crippen molar-refractivity contribution in [2.24, 2.45) is 0 Å². The highest BCUT2D eigenvalue weighted by molar-refractivity contribution is 5.91. The third-order valence-electron chi connectivity index (χ3n) is 4.24. The Labute approximate surface area is 151 Å². The number of rotatable bonds is 6. The maximum Gasteiger partial charge on any atom is 0.247 e. The van der Waals surface area contributed by atoms with E-state index >= 15 is 0 Å². The molecule has 0 unspecified atom stereocenters. The first-order valence-electron chi connectivity index (χ1n) is 8.65. The number of aromatic nitrogens is 4. The van der Waals surface area contributed by atoms with Crippen LogP contribution in [0.1, 0.15) is 24.1 Å². The SMILES string of the molecule is O=C(C=Cc1cnn(-c2ccccc2)n1)N(Cc1cccnc1)C1CC1. The summed E-state index contributed by atoms with van der Waals surface area (Å²) in [6.07, 6.45) is 10.6. The Balaban J connectivity index is 1.45. The summed E-state index contributed by atoms with van der Waals surface area (Å²) < 4.78 is 0. The van der Waals surface area contributed by atoms with E-state index in [-0.39, 0.29) is 5.91 Å². The number of carbonyl (C=O) groups excluding carboxylic acids is 1. The molecule has 1 aliphatic carbocycles. The zero-order valence-corrected chi connectivity index (χ0v) is 14.3. The van der Waals surface area contributed by atoms with Gasteiger partial charge in [-0.1, -0.05) is 24.3 Å². The van der Waals surface area contributed by atoms with Gasteiger partial charge in [0.15, 0.2) is 0 Å². The van der Waals surface area contributed by atoms with Crippen molar-refractivity contribution in [1.82, 2.24) is 24.9 Å². The van der Waals surface area contributed by atoms with Gasteiger partial charge in [-0.25, -0.2) is 0 Å². The van der Waals surface area contributed by atoms with Crippen molar-refractivity contribution in [2.45, 2.75) is 25.4 Å². The molecule has 2 aromatic heterocycles. The highest BCUT2D eigenvalue weighted by Crippen LogP contribution is 2.28. The number of carbonyl (C=O) groups is 1. The highest BCUT2D eigenvalue weighted by Gasteiger charge is 2.31. The molecular formula is C20H19N5O. The summed E-state index contributed by atoms with van der Waals surface area (Å²) in [6.45, 7) is 0.582. The molecule has 6 nitrogen and oxygen atoms in total. The van der Waals surface area contributed by atoms with Crippen molar-refractivity contribution >= 4 is 12.0 Å². The predicted octanol–water partition coefficient (Wildman–Crippen LogP) is 2.87. The number of hydrogen-bond acceptors (Lipinski definition) is 4. The van der Waals surface area contributed by atoms with Crippen molar-refractivity contribution in [1.29, 1.82) is 0 Å². The average molecular weight is 345 g/mol. The summed E-state index contributed by atoms with van der Waals surface area (Å²) in [5.74, 6) is -0.00869. The summed E-state index contributed by atoms with van der Waals surface area (Å²) in [7, 11) is 0. The number of pyridine rings is 1. The fraction of sp³-hybridized carbons (Fsp3) is 0.200. The number of benzene rings is 1. The summed E-state index contributed by atoms with van der Waals surface area (Å²) in [4.78, 5) is 20.2. The van der Waals surface area contributed by atoms with Crippen molar-refractivity contribution in [3.05, 3.63) is 78.4 Å². The normalized spacial score (nSPS) is 13.8. The van der Waals surface area contributed by atoms with Crippen LogP contribution in [0.5, 0.6) is 0 Å². The molecule has 4 rings (SSSR count). The molecule has 1 amide bonds. The summed E-state index contributed by atoms with van der Waals surface area (Å²) in [5, 5.41) is 8.64. The molecule has 1 aromatic carbocycles. The lowest BCUT2D eigenvalue weighted by molar-refractivity contribution is -0.127. The molecule has 2 heterocycles. The van der Waals surface area contributed by atoms with Gasteiger partial charge in [-0.2, -0.15) is 9.90 Å². The molecule has 6 heteroatoms. The van der Waals surface area contributed by atoms with Crippen LogP contribution in [0.2, 0.25) is 0 Å². The minimum Gasteiger partial charge on any atom is -0.332 e. The van der Waals surface area contributed by atoms with E-state index in [1.54, 1.807) is 35.5 Å². The molecule has 0 aliphatic heterocycles. The number of hydrogen-bond donors (Lipinski definition) is 0. The molecular weight excluding hydrogens is 326 g/mol. The van der Waals surface area contributed by atoms with Crippen molar-refractivity contribution in [3.8, 4) is 5.69 Å². The van der Waals surface area contributed by atoms with Crippen LogP contribution in [0.3, 0.4) is 0 Å². The lowest BCUT2D eigenvalue weighted by Gasteiger charge is -2.20. The molecule has 26 heavy (non-hydrogen) atoms. The molecule has 3 aromatic rings. The molecule has 0 atom stereocenters. The maximum atomic E-state index is 12.6. The molecule has 1 aliphatic rings. The van der Waals surface area contributed by atoms with Crippen LogP contribution in [0.4, 0.5) is 0 Å². The van der Waals surface area contributed by atoms with Gasteiger partial charge in [-0.15, -0.1) is 5.10 Å². The summed E-state index contributed by atoms with van der Waals surface area (Å²) >= 11 is 0. The Hall–Kier alpha value is -3.28. The molecule has 1 fully saturated rings. The van der Waals surface area contributed by atoms with Crippen molar-refractivity contribution < 1.29 is 4.79 Å². The van der Waals surface area contributed by atoms with E-state index in [1.165, 1.54) is 0 Å². The third-order valence-corrected chi connectivity index (χ3v) is 4.24. The first-order valence-corrected chi connectivity index (χ1v) is 8.65. The quantitative estimate of drug-likeness (QED) is 0.645. The molecule has 0 saturated heterocycles. The molecule has 0 spiro atoms. The predicted molar refractivity (Wildman–Crippen MR) is 98.2 cm³/mol. The van der Waals surface area contributed by atoms with E-state index in [4.69, 9.17) is 0 Å². The number of amides is 1. The molecule has 0 bridgehead atoms. The molecule has 0 radical (unpaired) electrons. The van der Waals surface area contributed by atoms with Crippen LogP contribution >= 0.6 is 0 Å². The smallest absolute Gasteiger partial charge is 0.247 e. The standard InChI is InChI=1S/C20H19N5O/c26-20(24(18-9-10-18)15-16-5-4-12-21-13-16)11-8-17-14-22-25(23-17)19-6-2-1-3-7-19/h1-8,11-14,18H,9-10,15H2. The zero-order valence-electron chi connectivity index (χ0n) is 14.3. The van der Waals surface area contributed by atoms with Gasteiger partial charge in [0.05, 0.1) is 11.9 Å². The highest BCUT2D eigenvalue weighted by atomic mass is 16.2. The maximum absolute atomic E-state index is 12.6. The van der Waals surface area contributed by atoms with Crippen LogP contribution in [-0.2, 0) is 11.3 Å². The van der Waals surface area contributed by atoms with E-state index in [0.717, 1.165) is 24.1 Å².